The minimum absolute atomic E-state index is 0.130. The number of carbonyl (C=O) groups excluding carboxylic acids is 1. The van der Waals surface area contributed by atoms with Gasteiger partial charge in [-0.3, -0.25) is 4.79 Å². The minimum atomic E-state index is -0.887. The van der Waals surface area contributed by atoms with Crippen molar-refractivity contribution in [3.8, 4) is 0 Å². The zero-order chi connectivity index (χ0) is 36.4. The molecule has 0 saturated heterocycles. The summed E-state index contributed by atoms with van der Waals surface area (Å²) < 4.78 is 0. The highest BCUT2D eigenvalue weighted by Gasteiger charge is 2.17. The Bertz CT molecular complexity index is 884. The lowest BCUT2D eigenvalue weighted by Gasteiger charge is -2.19. The maximum Gasteiger partial charge on any atom is 0.220 e. The summed E-state index contributed by atoms with van der Waals surface area (Å²) >= 11 is 0. The van der Waals surface area contributed by atoms with Crippen molar-refractivity contribution in [2.75, 3.05) is 6.61 Å². The molecule has 0 radical (unpaired) electrons. The van der Waals surface area contributed by atoms with Crippen molar-refractivity contribution >= 4 is 5.91 Å². The van der Waals surface area contributed by atoms with Gasteiger partial charge in [0.25, 0.3) is 0 Å². The van der Waals surface area contributed by atoms with Gasteiger partial charge in [0.1, 0.15) is 0 Å². The molecule has 0 unspecified atom stereocenters. The first-order valence-electron chi connectivity index (χ1n) is 21.2. The molecule has 0 heterocycles. The SMILES string of the molecule is CCCCCCCCC/C=C/C/C=C/C/C=C/C/C=C/CCCC(=O)N[C@@H](CO)[C@H](O)/C=C/CC/C=C/CCCCCCCCCCCCC. The molecule has 3 N–H and O–H groups in total. The highest BCUT2D eigenvalue weighted by atomic mass is 16.3. The first kappa shape index (κ1) is 47.8. The van der Waals surface area contributed by atoms with Crippen LogP contribution in [0.1, 0.15) is 194 Å². The molecule has 0 aliphatic carbocycles. The van der Waals surface area contributed by atoms with Crippen molar-refractivity contribution in [3.05, 3.63) is 72.9 Å². The molecule has 0 aromatic heterocycles. The summed E-state index contributed by atoms with van der Waals surface area (Å²) in [5, 5.41) is 22.9. The number of hydrogen-bond acceptors (Lipinski definition) is 3. The third kappa shape index (κ3) is 37.1. The van der Waals surface area contributed by atoms with Crippen LogP contribution in [-0.2, 0) is 4.79 Å². The summed E-state index contributed by atoms with van der Waals surface area (Å²) in [6.07, 6.45) is 58.6. The van der Waals surface area contributed by atoms with Gasteiger partial charge in [0, 0.05) is 6.42 Å². The second kappa shape index (κ2) is 41.3. The summed E-state index contributed by atoms with van der Waals surface area (Å²) in [5.74, 6) is -0.130. The van der Waals surface area contributed by atoms with E-state index in [2.05, 4.69) is 79.9 Å². The van der Waals surface area contributed by atoms with Crippen molar-refractivity contribution in [2.45, 2.75) is 206 Å². The second-order valence-corrected chi connectivity index (χ2v) is 14.0. The number of rotatable bonds is 37. The molecule has 0 aliphatic rings. The molecule has 0 fully saturated rings. The molecular formula is C46H81NO3. The predicted octanol–water partition coefficient (Wildman–Crippen LogP) is 13.1. The number of carbonyl (C=O) groups is 1. The summed E-state index contributed by atoms with van der Waals surface area (Å²) in [7, 11) is 0. The fraction of sp³-hybridized carbons (Fsp3) is 0.717. The van der Waals surface area contributed by atoms with Gasteiger partial charge in [0.15, 0.2) is 0 Å². The van der Waals surface area contributed by atoms with Crippen molar-refractivity contribution in [1.29, 1.82) is 0 Å². The minimum Gasteiger partial charge on any atom is -0.394 e. The molecule has 0 saturated carbocycles. The summed E-state index contributed by atoms with van der Waals surface area (Å²) in [6.45, 7) is 4.26. The zero-order valence-electron chi connectivity index (χ0n) is 32.9. The van der Waals surface area contributed by atoms with E-state index in [-0.39, 0.29) is 12.5 Å². The molecule has 0 rings (SSSR count). The molecule has 1 amide bonds. The normalized spacial score (nSPS) is 13.8. The largest absolute Gasteiger partial charge is 0.394 e. The van der Waals surface area contributed by atoms with Crippen LogP contribution in [-0.4, -0.2) is 34.9 Å². The first-order valence-corrected chi connectivity index (χ1v) is 21.2. The van der Waals surface area contributed by atoms with Gasteiger partial charge >= 0.3 is 0 Å². The van der Waals surface area contributed by atoms with Crippen LogP contribution in [0.4, 0.5) is 0 Å². The van der Waals surface area contributed by atoms with Crippen molar-refractivity contribution < 1.29 is 15.0 Å². The summed E-state index contributed by atoms with van der Waals surface area (Å²) in [6, 6.07) is -0.670. The lowest BCUT2D eigenvalue weighted by atomic mass is 10.1. The lowest BCUT2D eigenvalue weighted by Crippen LogP contribution is -2.45. The highest BCUT2D eigenvalue weighted by molar-refractivity contribution is 5.76. The van der Waals surface area contributed by atoms with Gasteiger partial charge in [-0.05, 0) is 70.6 Å². The molecule has 50 heavy (non-hydrogen) atoms. The predicted molar refractivity (Wildman–Crippen MR) is 220 cm³/mol. The quantitative estimate of drug-likeness (QED) is 0.0447. The molecule has 4 heteroatoms. The maximum absolute atomic E-state index is 12.3. The average Bonchev–Trinajstić information content (AvgIpc) is 3.12. The molecule has 288 valence electrons. The van der Waals surface area contributed by atoms with E-state index in [9.17, 15) is 15.0 Å². The van der Waals surface area contributed by atoms with Gasteiger partial charge in [0.05, 0.1) is 18.8 Å². The third-order valence-corrected chi connectivity index (χ3v) is 9.16. The van der Waals surface area contributed by atoms with Crippen LogP contribution in [0, 0.1) is 0 Å². The van der Waals surface area contributed by atoms with E-state index in [1.807, 2.05) is 6.08 Å². The number of amides is 1. The van der Waals surface area contributed by atoms with Crippen LogP contribution in [0.3, 0.4) is 0 Å². The average molecular weight is 696 g/mol. The molecule has 0 spiro atoms. The van der Waals surface area contributed by atoms with Crippen molar-refractivity contribution in [3.63, 3.8) is 0 Å². The fourth-order valence-corrected chi connectivity index (χ4v) is 5.89. The maximum atomic E-state index is 12.3. The standard InChI is InChI=1S/C46H81NO3/c1-3-5-7-9-11-13-15-17-19-21-22-23-24-26-28-30-32-34-36-38-40-42-46(50)47-44(43-48)45(49)41-39-37-35-33-31-29-27-25-20-18-16-14-12-10-8-6-4-2/h19,21,23-24,28,30-31,33-34,36,39,41,44-45,48-49H,3-18,20,22,25-27,29,32,35,37-38,40,42-43H2,1-2H3,(H,47,50)/b21-19+,24-23+,30-28+,33-31+,36-34+,41-39+/t44-,45+/m0/s1. The van der Waals surface area contributed by atoms with E-state index in [0.29, 0.717) is 6.42 Å². The van der Waals surface area contributed by atoms with Crippen LogP contribution < -0.4 is 5.32 Å². The first-order chi connectivity index (χ1) is 24.7. The smallest absolute Gasteiger partial charge is 0.220 e. The van der Waals surface area contributed by atoms with Gasteiger partial charge in [-0.2, -0.15) is 0 Å². The van der Waals surface area contributed by atoms with E-state index in [1.165, 1.54) is 122 Å². The Hall–Kier alpha value is -2.17. The Balaban J connectivity index is 3.77. The molecular weight excluding hydrogens is 615 g/mol. The Morgan fingerprint density at radius 2 is 0.840 bits per heavy atom. The summed E-state index contributed by atoms with van der Waals surface area (Å²) in [5.41, 5.74) is 0. The van der Waals surface area contributed by atoms with Crippen LogP contribution in [0.2, 0.25) is 0 Å². The van der Waals surface area contributed by atoms with Crippen LogP contribution in [0.5, 0.6) is 0 Å². The zero-order valence-corrected chi connectivity index (χ0v) is 32.9. The third-order valence-electron chi connectivity index (χ3n) is 9.16. The molecule has 0 aromatic carbocycles. The lowest BCUT2D eigenvalue weighted by molar-refractivity contribution is -0.122. The van der Waals surface area contributed by atoms with E-state index in [4.69, 9.17) is 0 Å². The van der Waals surface area contributed by atoms with Gasteiger partial charge in [-0.25, -0.2) is 0 Å². The second-order valence-electron chi connectivity index (χ2n) is 14.0. The summed E-state index contributed by atoms with van der Waals surface area (Å²) in [4.78, 5) is 12.3. The number of aliphatic hydroxyl groups excluding tert-OH is 2. The van der Waals surface area contributed by atoms with Gasteiger partial charge < -0.3 is 15.5 Å². The van der Waals surface area contributed by atoms with Gasteiger partial charge in [-0.1, -0.05) is 189 Å². The molecule has 0 bridgehead atoms. The van der Waals surface area contributed by atoms with Gasteiger partial charge in [-0.15, -0.1) is 0 Å². The van der Waals surface area contributed by atoms with Crippen LogP contribution >= 0.6 is 0 Å². The monoisotopic (exact) mass is 696 g/mol. The van der Waals surface area contributed by atoms with Crippen LogP contribution in [0.15, 0.2) is 72.9 Å². The van der Waals surface area contributed by atoms with Gasteiger partial charge in [0.2, 0.25) is 5.91 Å². The van der Waals surface area contributed by atoms with E-state index in [0.717, 1.165) is 51.4 Å². The van der Waals surface area contributed by atoms with E-state index in [1.54, 1.807) is 6.08 Å². The molecule has 2 atom stereocenters. The number of aliphatic hydroxyl groups is 2. The Morgan fingerprint density at radius 3 is 1.30 bits per heavy atom. The number of nitrogens with one attached hydrogen (secondary N) is 1. The number of hydrogen-bond donors (Lipinski definition) is 3. The van der Waals surface area contributed by atoms with E-state index < -0.39 is 12.1 Å². The molecule has 0 aliphatic heterocycles. The number of unbranched alkanes of at least 4 members (excludes halogenated alkanes) is 20. The number of allylic oxidation sites excluding steroid dienone is 11. The Kier molecular flexibility index (Phi) is 39.5. The van der Waals surface area contributed by atoms with Crippen molar-refractivity contribution in [2.24, 2.45) is 0 Å². The molecule has 0 aromatic rings. The highest BCUT2D eigenvalue weighted by Crippen LogP contribution is 2.13. The Labute approximate surface area is 310 Å². The fourth-order valence-electron chi connectivity index (χ4n) is 5.89. The Morgan fingerprint density at radius 1 is 0.480 bits per heavy atom. The van der Waals surface area contributed by atoms with Crippen LogP contribution in [0.25, 0.3) is 0 Å². The topological polar surface area (TPSA) is 69.6 Å². The molecule has 4 nitrogen and oxygen atoms in total. The van der Waals surface area contributed by atoms with E-state index >= 15 is 0 Å². The van der Waals surface area contributed by atoms with Crippen molar-refractivity contribution in [1.82, 2.24) is 5.32 Å².